The number of benzene rings is 1. The van der Waals surface area contributed by atoms with Crippen LogP contribution in [-0.2, 0) is 13.0 Å². The second-order valence-corrected chi connectivity index (χ2v) is 4.96. The van der Waals surface area contributed by atoms with Gasteiger partial charge in [-0.2, -0.15) is 0 Å². The number of non-ortho nitro benzene ring substituents is 1. The molecule has 0 radical (unpaired) electrons. The Labute approximate surface area is 115 Å². The van der Waals surface area contributed by atoms with Gasteiger partial charge in [0.25, 0.3) is 5.69 Å². The Kier molecular flexibility index (Phi) is 4.46. The lowest BCUT2D eigenvalue weighted by atomic mass is 10.3. The van der Waals surface area contributed by atoms with Gasteiger partial charge in [-0.3, -0.25) is 10.1 Å². The van der Waals surface area contributed by atoms with Crippen molar-refractivity contribution in [2.45, 2.75) is 26.4 Å². The first-order valence-electron chi connectivity index (χ1n) is 5.99. The van der Waals surface area contributed by atoms with Crippen molar-refractivity contribution in [2.75, 3.05) is 0 Å². The van der Waals surface area contributed by atoms with E-state index >= 15 is 0 Å². The van der Waals surface area contributed by atoms with Crippen LogP contribution in [0.3, 0.4) is 0 Å². The van der Waals surface area contributed by atoms with Crippen LogP contribution in [0.4, 0.5) is 5.69 Å². The molecule has 0 aliphatic heterocycles. The number of nitrogens with zero attached hydrogens (tertiary/aromatic N) is 2. The molecule has 2 rings (SSSR count). The van der Waals surface area contributed by atoms with E-state index in [2.05, 4.69) is 11.9 Å². The van der Waals surface area contributed by atoms with E-state index in [4.69, 9.17) is 4.74 Å². The van der Waals surface area contributed by atoms with Crippen molar-refractivity contribution in [3.05, 3.63) is 50.5 Å². The minimum Gasteiger partial charge on any atom is -0.487 e. The highest BCUT2D eigenvalue weighted by Crippen LogP contribution is 2.19. The first kappa shape index (κ1) is 13.5. The molecule has 0 fully saturated rings. The van der Waals surface area contributed by atoms with Gasteiger partial charge >= 0.3 is 0 Å². The highest BCUT2D eigenvalue weighted by atomic mass is 32.1. The Balaban J connectivity index is 1.92. The number of hydrogen-bond donors (Lipinski definition) is 0. The number of thiazole rings is 1. The lowest BCUT2D eigenvalue weighted by Gasteiger charge is -2.03. The van der Waals surface area contributed by atoms with Crippen molar-refractivity contribution in [3.8, 4) is 5.75 Å². The van der Waals surface area contributed by atoms with E-state index in [9.17, 15) is 10.1 Å². The zero-order valence-electron chi connectivity index (χ0n) is 10.5. The quantitative estimate of drug-likeness (QED) is 0.598. The van der Waals surface area contributed by atoms with Gasteiger partial charge in [0.15, 0.2) is 0 Å². The Bertz CT molecular complexity index is 551. The van der Waals surface area contributed by atoms with Gasteiger partial charge in [0.2, 0.25) is 0 Å². The smallest absolute Gasteiger partial charge is 0.269 e. The molecule has 6 heteroatoms. The van der Waals surface area contributed by atoms with Gasteiger partial charge in [-0.15, -0.1) is 11.3 Å². The number of aryl methyl sites for hydroxylation is 1. The molecule has 0 aliphatic carbocycles. The van der Waals surface area contributed by atoms with Crippen molar-refractivity contribution in [3.63, 3.8) is 0 Å². The number of nitro groups is 1. The largest absolute Gasteiger partial charge is 0.487 e. The molecular weight excluding hydrogens is 264 g/mol. The number of ether oxygens (including phenoxy) is 1. The standard InChI is InChI=1S/C13H14N2O3S/c1-2-3-13-14-10(9-19-13)8-18-12-6-4-11(5-7-12)15(16)17/h4-7,9H,2-3,8H2,1H3. The summed E-state index contributed by atoms with van der Waals surface area (Å²) >= 11 is 1.64. The fourth-order valence-corrected chi connectivity index (χ4v) is 2.45. The first-order chi connectivity index (χ1) is 9.19. The topological polar surface area (TPSA) is 65.3 Å². The SMILES string of the molecule is CCCc1nc(COc2ccc([N+](=O)[O-])cc2)cs1. The van der Waals surface area contributed by atoms with Gasteiger partial charge in [0.05, 0.1) is 15.6 Å². The molecule has 0 N–H and O–H groups in total. The summed E-state index contributed by atoms with van der Waals surface area (Å²) in [5, 5.41) is 13.6. The molecular formula is C13H14N2O3S. The summed E-state index contributed by atoms with van der Waals surface area (Å²) in [5.41, 5.74) is 0.957. The summed E-state index contributed by atoms with van der Waals surface area (Å²) in [5.74, 6) is 0.607. The van der Waals surface area contributed by atoms with Crippen LogP contribution in [-0.4, -0.2) is 9.91 Å². The first-order valence-corrected chi connectivity index (χ1v) is 6.87. The normalized spacial score (nSPS) is 10.4. The Morgan fingerprint density at radius 1 is 1.37 bits per heavy atom. The molecule has 0 spiro atoms. The van der Waals surface area contributed by atoms with Crippen molar-refractivity contribution >= 4 is 17.0 Å². The summed E-state index contributed by atoms with van der Waals surface area (Å²) in [6, 6.07) is 6.05. The fourth-order valence-electron chi connectivity index (χ4n) is 1.57. The van der Waals surface area contributed by atoms with Crippen LogP contribution in [0.25, 0.3) is 0 Å². The molecule has 100 valence electrons. The lowest BCUT2D eigenvalue weighted by molar-refractivity contribution is -0.384. The zero-order chi connectivity index (χ0) is 13.7. The summed E-state index contributed by atoms with van der Waals surface area (Å²) in [7, 11) is 0. The van der Waals surface area contributed by atoms with E-state index in [-0.39, 0.29) is 5.69 Å². The third kappa shape index (κ3) is 3.75. The van der Waals surface area contributed by atoms with Crippen LogP contribution >= 0.6 is 11.3 Å². The molecule has 1 aromatic carbocycles. The molecule has 19 heavy (non-hydrogen) atoms. The van der Waals surface area contributed by atoms with Gasteiger partial charge < -0.3 is 4.74 Å². The number of nitro benzene ring substituents is 1. The van der Waals surface area contributed by atoms with Crippen LogP contribution < -0.4 is 4.74 Å². The molecule has 1 heterocycles. The van der Waals surface area contributed by atoms with E-state index in [1.165, 1.54) is 12.1 Å². The Hall–Kier alpha value is -1.95. The number of rotatable bonds is 6. The minimum absolute atomic E-state index is 0.0613. The molecule has 0 saturated heterocycles. The maximum Gasteiger partial charge on any atom is 0.269 e. The number of aromatic nitrogens is 1. The molecule has 0 bridgehead atoms. The second-order valence-electron chi connectivity index (χ2n) is 4.02. The maximum absolute atomic E-state index is 10.5. The van der Waals surface area contributed by atoms with E-state index in [0.29, 0.717) is 12.4 Å². The molecule has 1 aromatic heterocycles. The summed E-state index contributed by atoms with van der Waals surface area (Å²) < 4.78 is 5.54. The zero-order valence-corrected chi connectivity index (χ0v) is 11.4. The van der Waals surface area contributed by atoms with Crippen LogP contribution in [0.2, 0.25) is 0 Å². The van der Waals surface area contributed by atoms with Crippen LogP contribution in [0, 0.1) is 10.1 Å². The third-order valence-corrected chi connectivity index (χ3v) is 3.45. The molecule has 0 saturated carbocycles. The predicted octanol–water partition coefficient (Wildman–Crippen LogP) is 3.58. The van der Waals surface area contributed by atoms with Gasteiger partial charge in [0, 0.05) is 17.5 Å². The highest BCUT2D eigenvalue weighted by Gasteiger charge is 2.05. The van der Waals surface area contributed by atoms with Gasteiger partial charge in [-0.1, -0.05) is 6.92 Å². The predicted molar refractivity (Wildman–Crippen MR) is 73.5 cm³/mol. The molecule has 2 aromatic rings. The maximum atomic E-state index is 10.5. The molecule has 0 amide bonds. The van der Waals surface area contributed by atoms with Crippen molar-refractivity contribution in [2.24, 2.45) is 0 Å². The molecule has 0 unspecified atom stereocenters. The van der Waals surface area contributed by atoms with E-state index < -0.39 is 4.92 Å². The molecule has 0 atom stereocenters. The van der Waals surface area contributed by atoms with Crippen molar-refractivity contribution in [1.29, 1.82) is 0 Å². The van der Waals surface area contributed by atoms with Gasteiger partial charge in [-0.05, 0) is 25.0 Å². The summed E-state index contributed by atoms with van der Waals surface area (Å²) in [6.07, 6.45) is 2.07. The Morgan fingerprint density at radius 2 is 2.11 bits per heavy atom. The van der Waals surface area contributed by atoms with E-state index in [1.807, 2.05) is 5.38 Å². The summed E-state index contributed by atoms with van der Waals surface area (Å²) in [4.78, 5) is 14.5. The number of hydrogen-bond acceptors (Lipinski definition) is 5. The average Bonchev–Trinajstić information content (AvgIpc) is 2.85. The Morgan fingerprint density at radius 3 is 2.74 bits per heavy atom. The summed E-state index contributed by atoms with van der Waals surface area (Å²) in [6.45, 7) is 2.51. The van der Waals surface area contributed by atoms with Gasteiger partial charge in [0.1, 0.15) is 12.4 Å². The molecule has 5 nitrogen and oxygen atoms in total. The van der Waals surface area contributed by atoms with Crippen molar-refractivity contribution in [1.82, 2.24) is 4.98 Å². The lowest BCUT2D eigenvalue weighted by Crippen LogP contribution is -1.96. The van der Waals surface area contributed by atoms with Crippen LogP contribution in [0.1, 0.15) is 24.0 Å². The average molecular weight is 278 g/mol. The van der Waals surface area contributed by atoms with Crippen LogP contribution in [0.15, 0.2) is 29.6 Å². The van der Waals surface area contributed by atoms with E-state index in [0.717, 1.165) is 23.5 Å². The van der Waals surface area contributed by atoms with Crippen molar-refractivity contribution < 1.29 is 9.66 Å². The van der Waals surface area contributed by atoms with E-state index in [1.54, 1.807) is 23.5 Å². The van der Waals surface area contributed by atoms with Crippen LogP contribution in [0.5, 0.6) is 5.75 Å². The fraction of sp³-hybridized carbons (Fsp3) is 0.308. The minimum atomic E-state index is -0.429. The third-order valence-electron chi connectivity index (χ3n) is 2.50. The molecule has 0 aliphatic rings. The monoisotopic (exact) mass is 278 g/mol. The highest BCUT2D eigenvalue weighted by molar-refractivity contribution is 7.09. The second kappa shape index (κ2) is 6.29. The van der Waals surface area contributed by atoms with Gasteiger partial charge in [-0.25, -0.2) is 4.98 Å².